The maximum Gasteiger partial charge on any atom is 0.416 e. The van der Waals surface area contributed by atoms with Gasteiger partial charge in [0.1, 0.15) is 23.6 Å². The highest BCUT2D eigenvalue weighted by Gasteiger charge is 2.45. The first-order valence-electron chi connectivity index (χ1n) is 15.8. The fraction of sp³-hybridized carbons (Fsp3) is 0.361. The third-order valence-corrected chi connectivity index (χ3v) is 9.00. The molecule has 13 heteroatoms. The number of pyridine rings is 3. The van der Waals surface area contributed by atoms with Gasteiger partial charge < -0.3 is 19.9 Å². The van der Waals surface area contributed by atoms with Gasteiger partial charge in [-0.2, -0.15) is 0 Å². The summed E-state index contributed by atoms with van der Waals surface area (Å²) in [6.45, 7) is 12.0. The Hall–Kier alpha value is -4.88. The van der Waals surface area contributed by atoms with Crippen LogP contribution in [-0.4, -0.2) is 59.8 Å². The maximum absolute atomic E-state index is 14.4. The number of anilines is 1. The second-order valence-corrected chi connectivity index (χ2v) is 15.4. The number of benzene rings is 1. The van der Waals surface area contributed by atoms with Crippen molar-refractivity contribution >= 4 is 27.7 Å². The fourth-order valence-electron chi connectivity index (χ4n) is 4.78. The van der Waals surface area contributed by atoms with Gasteiger partial charge in [0.25, 0.3) is 0 Å². The van der Waals surface area contributed by atoms with Crippen LogP contribution in [0.2, 0.25) is 0 Å². The summed E-state index contributed by atoms with van der Waals surface area (Å²) in [5.41, 5.74) is 7.18. The Bertz CT molecular complexity index is 1870. The van der Waals surface area contributed by atoms with Crippen LogP contribution in [0.1, 0.15) is 59.7 Å². The average molecular weight is 690 g/mol. The Morgan fingerprint density at radius 2 is 1.49 bits per heavy atom. The molecule has 49 heavy (non-hydrogen) atoms. The van der Waals surface area contributed by atoms with E-state index in [0.717, 1.165) is 10.5 Å². The number of nitrogens with two attached hydrogens (primary N) is 1. The van der Waals surface area contributed by atoms with Crippen molar-refractivity contribution in [2.75, 3.05) is 18.1 Å². The van der Waals surface area contributed by atoms with Crippen LogP contribution in [0, 0.1) is 0 Å². The number of esters is 1. The van der Waals surface area contributed by atoms with Crippen molar-refractivity contribution in [1.29, 1.82) is 0 Å². The monoisotopic (exact) mass is 689 g/mol. The number of nitrogens with zero attached hydrogens (tertiary/aromatic N) is 4. The Balaban J connectivity index is 1.79. The molecule has 3 heterocycles. The number of aromatic nitrogens is 3. The van der Waals surface area contributed by atoms with Gasteiger partial charge in [-0.15, -0.1) is 0 Å². The first kappa shape index (κ1) is 36.9. The van der Waals surface area contributed by atoms with Crippen LogP contribution in [0.3, 0.4) is 0 Å². The van der Waals surface area contributed by atoms with E-state index in [0.29, 0.717) is 23.7 Å². The summed E-state index contributed by atoms with van der Waals surface area (Å²) in [7, 11) is -4.42. The molecule has 4 rings (SSSR count). The van der Waals surface area contributed by atoms with E-state index < -0.39 is 44.5 Å². The molecule has 0 saturated heterocycles. The molecule has 1 aromatic carbocycles. The Morgan fingerprint density at radius 3 is 2.10 bits per heavy atom. The van der Waals surface area contributed by atoms with E-state index >= 15 is 0 Å². The lowest BCUT2D eigenvalue weighted by atomic mass is 10.0. The second kappa shape index (κ2) is 14.7. The third-order valence-electron chi connectivity index (χ3n) is 6.89. The van der Waals surface area contributed by atoms with Gasteiger partial charge in [0.05, 0.1) is 18.0 Å². The van der Waals surface area contributed by atoms with E-state index in [-0.39, 0.29) is 23.0 Å². The van der Waals surface area contributed by atoms with Crippen molar-refractivity contribution in [2.45, 2.75) is 76.0 Å². The van der Waals surface area contributed by atoms with E-state index in [1.165, 1.54) is 30.5 Å². The van der Waals surface area contributed by atoms with Gasteiger partial charge in [0.2, 0.25) is 15.7 Å². The zero-order valence-corrected chi connectivity index (χ0v) is 29.7. The normalized spacial score (nSPS) is 13.2. The van der Waals surface area contributed by atoms with Crippen molar-refractivity contribution in [2.24, 2.45) is 5.73 Å². The zero-order valence-electron chi connectivity index (χ0n) is 28.8. The van der Waals surface area contributed by atoms with Crippen molar-refractivity contribution in [3.8, 4) is 17.1 Å². The average Bonchev–Trinajstić information content (AvgIpc) is 3.03. The Morgan fingerprint density at radius 1 is 0.816 bits per heavy atom. The summed E-state index contributed by atoms with van der Waals surface area (Å²) in [5.74, 6) is -0.282. The van der Waals surface area contributed by atoms with Crippen LogP contribution < -0.4 is 15.4 Å². The van der Waals surface area contributed by atoms with Gasteiger partial charge in [0, 0.05) is 24.2 Å². The van der Waals surface area contributed by atoms with Gasteiger partial charge in [-0.25, -0.2) is 28.2 Å². The van der Waals surface area contributed by atoms with Gasteiger partial charge in [-0.1, -0.05) is 42.5 Å². The van der Waals surface area contributed by atoms with Crippen molar-refractivity contribution < 1.29 is 32.2 Å². The molecule has 0 saturated carbocycles. The van der Waals surface area contributed by atoms with E-state index in [4.69, 9.17) is 19.9 Å². The van der Waals surface area contributed by atoms with E-state index in [2.05, 4.69) is 15.0 Å². The van der Waals surface area contributed by atoms with E-state index in [9.17, 15) is 18.0 Å². The molecule has 260 valence electrons. The zero-order chi connectivity index (χ0) is 36.0. The fourth-order valence-corrected chi connectivity index (χ4v) is 6.36. The minimum atomic E-state index is -4.42. The Kier molecular flexibility index (Phi) is 11.1. The summed E-state index contributed by atoms with van der Waals surface area (Å²) < 4.78 is 45.3. The highest BCUT2D eigenvalue weighted by molar-refractivity contribution is 7.92. The minimum absolute atomic E-state index is 0.0562. The van der Waals surface area contributed by atoms with E-state index in [1.807, 2.05) is 31.2 Å². The largest absolute Gasteiger partial charge is 0.478 e. The predicted molar refractivity (Wildman–Crippen MR) is 185 cm³/mol. The number of rotatable bonds is 11. The van der Waals surface area contributed by atoms with Crippen LogP contribution >= 0.6 is 0 Å². The highest BCUT2D eigenvalue weighted by atomic mass is 32.2. The van der Waals surface area contributed by atoms with Crippen molar-refractivity contribution in [1.82, 2.24) is 15.0 Å². The molecule has 12 nitrogen and oxygen atoms in total. The summed E-state index contributed by atoms with van der Waals surface area (Å²) >= 11 is 0. The molecule has 0 aliphatic carbocycles. The first-order chi connectivity index (χ1) is 22.9. The number of hydrogen-bond donors (Lipinski definition) is 1. The molecule has 1 atom stereocenters. The third kappa shape index (κ3) is 9.39. The molecular weight excluding hydrogens is 646 g/mol. The second-order valence-electron chi connectivity index (χ2n) is 13.3. The Labute approximate surface area is 287 Å². The number of ether oxygens (including phenoxy) is 3. The molecule has 0 bridgehead atoms. The van der Waals surface area contributed by atoms with Gasteiger partial charge in [-0.3, -0.25) is 9.69 Å². The number of carbonyl (C=O) groups is 2. The number of sulfone groups is 1. The van der Waals surface area contributed by atoms with Crippen molar-refractivity contribution in [3.63, 3.8) is 0 Å². The SMILES string of the molecule is CCOc1cccc(-c2ccc(CC(N)(c3cccc(N(CC(=O)OC(C)(C)C)C(=O)OC(C)(C)C)n3)S(=O)(=O)c3ccccn3)cc2)n1. The van der Waals surface area contributed by atoms with Crippen LogP contribution in [0.25, 0.3) is 11.3 Å². The van der Waals surface area contributed by atoms with Crippen molar-refractivity contribution in [3.05, 3.63) is 96.3 Å². The quantitative estimate of drug-likeness (QED) is 0.188. The lowest BCUT2D eigenvalue weighted by molar-refractivity contribution is -0.153. The molecule has 0 fully saturated rings. The van der Waals surface area contributed by atoms with Gasteiger partial charge in [0.15, 0.2) is 9.90 Å². The van der Waals surface area contributed by atoms with Crippen LogP contribution in [0.5, 0.6) is 5.88 Å². The summed E-state index contributed by atoms with van der Waals surface area (Å²) in [5, 5.41) is -0.254. The first-order valence-corrected chi connectivity index (χ1v) is 17.2. The maximum atomic E-state index is 14.4. The van der Waals surface area contributed by atoms with Gasteiger partial charge >= 0.3 is 12.1 Å². The molecule has 0 radical (unpaired) electrons. The molecule has 0 spiro atoms. The van der Waals surface area contributed by atoms with E-state index in [1.54, 1.807) is 71.9 Å². The van der Waals surface area contributed by atoms with Crippen LogP contribution in [0.15, 0.2) is 90.1 Å². The summed E-state index contributed by atoms with van der Waals surface area (Å²) in [6, 6.07) is 21.6. The molecule has 1 amide bonds. The number of hydrogen-bond acceptors (Lipinski definition) is 11. The van der Waals surface area contributed by atoms with Crippen LogP contribution in [0.4, 0.5) is 10.6 Å². The molecule has 4 aromatic rings. The molecular formula is C36H43N5O7S. The topological polar surface area (TPSA) is 164 Å². The van der Waals surface area contributed by atoms with Crippen LogP contribution in [-0.2, 0) is 35.4 Å². The highest BCUT2D eigenvalue weighted by Crippen LogP contribution is 2.34. The molecule has 0 aliphatic heterocycles. The lowest BCUT2D eigenvalue weighted by Crippen LogP contribution is -2.48. The summed E-state index contributed by atoms with van der Waals surface area (Å²) in [4.78, 5) is 38.4. The lowest BCUT2D eigenvalue weighted by Gasteiger charge is -2.31. The molecule has 1 unspecified atom stereocenters. The number of carbonyl (C=O) groups excluding carboxylic acids is 2. The van der Waals surface area contributed by atoms with Gasteiger partial charge in [-0.05, 0) is 84.4 Å². The molecule has 3 aromatic heterocycles. The minimum Gasteiger partial charge on any atom is -0.478 e. The smallest absolute Gasteiger partial charge is 0.416 e. The number of amides is 1. The molecule has 0 aliphatic rings. The summed E-state index contributed by atoms with van der Waals surface area (Å²) in [6.07, 6.45) is 0.268. The molecule has 2 N–H and O–H groups in total. The predicted octanol–water partition coefficient (Wildman–Crippen LogP) is 5.85. The standard InChI is InChI=1S/C36H43N5O7S/c1-8-46-30-16-11-13-27(39-30)26-20-18-25(19-21-26)23-36(37,49(44,45)31-17-9-10-22-38-31)28-14-12-15-29(40-28)41(33(43)48-35(5,6)7)24-32(42)47-34(2,3)4/h9-22H,8,23-24,37H2,1-7H3.